The van der Waals surface area contributed by atoms with Gasteiger partial charge in [-0.3, -0.25) is 9.59 Å². The molecule has 1 aliphatic rings. The Morgan fingerprint density at radius 2 is 1.60 bits per heavy atom. The second-order valence-electron chi connectivity index (χ2n) is 10.5. The number of hydrogen-bond donors (Lipinski definition) is 0. The average Bonchev–Trinajstić information content (AvgIpc) is 3.42. The number of benzene rings is 2. The van der Waals surface area contributed by atoms with Crippen molar-refractivity contribution in [1.82, 2.24) is 9.80 Å². The van der Waals surface area contributed by atoms with Crippen LogP contribution in [0.5, 0.6) is 11.5 Å². The van der Waals surface area contributed by atoms with Crippen molar-refractivity contribution < 1.29 is 19.1 Å². The Hall–Kier alpha value is -3.32. The van der Waals surface area contributed by atoms with Gasteiger partial charge in [-0.05, 0) is 80.1 Å². The third kappa shape index (κ3) is 7.66. The van der Waals surface area contributed by atoms with E-state index < -0.39 is 0 Å². The summed E-state index contributed by atoms with van der Waals surface area (Å²) in [5.41, 5.74) is 2.92. The van der Waals surface area contributed by atoms with E-state index in [0.29, 0.717) is 36.6 Å². The molecule has 1 fully saturated rings. The quantitative estimate of drug-likeness (QED) is 0.247. The molecule has 0 atom stereocenters. The Balaban J connectivity index is 1.55. The van der Waals surface area contributed by atoms with Crippen LogP contribution in [0, 0.1) is 6.92 Å². The molecule has 1 heterocycles. The summed E-state index contributed by atoms with van der Waals surface area (Å²) in [6.45, 7) is 5.35. The molecule has 0 aliphatic heterocycles. The van der Waals surface area contributed by atoms with Crippen molar-refractivity contribution >= 4 is 23.2 Å². The molecule has 2 amide bonds. The predicted molar refractivity (Wildman–Crippen MR) is 161 cm³/mol. The fourth-order valence-corrected chi connectivity index (χ4v) is 6.31. The Morgan fingerprint density at radius 1 is 0.900 bits per heavy atom. The molecule has 0 spiro atoms. The molecule has 2 aromatic carbocycles. The van der Waals surface area contributed by atoms with Crippen LogP contribution < -0.4 is 9.47 Å². The summed E-state index contributed by atoms with van der Waals surface area (Å²) in [6, 6.07) is 18.0. The van der Waals surface area contributed by atoms with Crippen molar-refractivity contribution in [2.45, 2.75) is 71.4 Å². The summed E-state index contributed by atoms with van der Waals surface area (Å²) >= 11 is 1.71. The largest absolute Gasteiger partial charge is 0.493 e. The van der Waals surface area contributed by atoms with Gasteiger partial charge < -0.3 is 19.3 Å². The molecule has 1 aromatic heterocycles. The van der Waals surface area contributed by atoms with Crippen molar-refractivity contribution in [1.29, 1.82) is 0 Å². The molecular formula is C33H42N2O4S. The lowest BCUT2D eigenvalue weighted by molar-refractivity contribution is -0.133. The number of ether oxygens (including phenoxy) is 2. The van der Waals surface area contributed by atoms with Crippen LogP contribution in [0.2, 0.25) is 0 Å². The van der Waals surface area contributed by atoms with E-state index in [9.17, 15) is 9.59 Å². The summed E-state index contributed by atoms with van der Waals surface area (Å²) in [4.78, 5) is 33.9. The van der Waals surface area contributed by atoms with Crippen LogP contribution >= 0.6 is 11.3 Å². The van der Waals surface area contributed by atoms with E-state index in [1.54, 1.807) is 25.6 Å². The Labute approximate surface area is 242 Å². The summed E-state index contributed by atoms with van der Waals surface area (Å²) in [7, 11) is 3.25. The van der Waals surface area contributed by atoms with Crippen molar-refractivity contribution in [2.24, 2.45) is 0 Å². The number of amides is 2. The van der Waals surface area contributed by atoms with E-state index in [2.05, 4.69) is 26.0 Å². The van der Waals surface area contributed by atoms with Crippen LogP contribution in [0.1, 0.15) is 70.3 Å². The van der Waals surface area contributed by atoms with Gasteiger partial charge in [-0.15, -0.1) is 11.3 Å². The molecule has 40 heavy (non-hydrogen) atoms. The van der Waals surface area contributed by atoms with Crippen LogP contribution in [0.15, 0.2) is 54.6 Å². The smallest absolute Gasteiger partial charge is 0.254 e. The maximum atomic E-state index is 14.0. The molecule has 4 rings (SSSR count). The summed E-state index contributed by atoms with van der Waals surface area (Å²) < 4.78 is 10.9. The molecule has 0 bridgehead atoms. The molecule has 6 nitrogen and oxygen atoms in total. The number of rotatable bonds is 12. The predicted octanol–water partition coefficient (Wildman–Crippen LogP) is 6.68. The highest BCUT2D eigenvalue weighted by Gasteiger charge is 2.30. The number of methoxy groups -OCH3 is 2. The van der Waals surface area contributed by atoms with E-state index >= 15 is 0 Å². The Bertz CT molecular complexity index is 1260. The van der Waals surface area contributed by atoms with Gasteiger partial charge in [0.2, 0.25) is 5.91 Å². The molecule has 0 radical (unpaired) electrons. The van der Waals surface area contributed by atoms with Gasteiger partial charge in [-0.25, -0.2) is 0 Å². The second kappa shape index (κ2) is 14.4. The van der Waals surface area contributed by atoms with Crippen molar-refractivity contribution in [3.63, 3.8) is 0 Å². The first-order chi connectivity index (χ1) is 19.4. The fraction of sp³-hybridized carbons (Fsp3) is 0.455. The second-order valence-corrected chi connectivity index (χ2v) is 11.9. The first-order valence-corrected chi connectivity index (χ1v) is 15.2. The van der Waals surface area contributed by atoms with Gasteiger partial charge in [-0.1, -0.05) is 44.4 Å². The zero-order valence-electron chi connectivity index (χ0n) is 24.3. The number of carbonyl (C=O) groups excluding carboxylic acids is 2. The summed E-state index contributed by atoms with van der Waals surface area (Å²) in [5.74, 6) is 1.29. The highest BCUT2D eigenvalue weighted by molar-refractivity contribution is 7.11. The Kier molecular flexibility index (Phi) is 10.6. The van der Waals surface area contributed by atoms with Crippen LogP contribution in [0.3, 0.4) is 0 Å². The lowest BCUT2D eigenvalue weighted by Crippen LogP contribution is -2.48. The lowest BCUT2D eigenvalue weighted by Gasteiger charge is -2.35. The number of hydrogen-bond acceptors (Lipinski definition) is 5. The van der Waals surface area contributed by atoms with E-state index in [1.165, 1.54) is 16.9 Å². The number of thiophene rings is 1. The monoisotopic (exact) mass is 562 g/mol. The minimum Gasteiger partial charge on any atom is -0.493 e. The maximum absolute atomic E-state index is 14.0. The highest BCUT2D eigenvalue weighted by atomic mass is 32.1. The van der Waals surface area contributed by atoms with E-state index in [1.807, 2.05) is 52.3 Å². The summed E-state index contributed by atoms with van der Waals surface area (Å²) in [5, 5.41) is 0. The van der Waals surface area contributed by atoms with Gasteiger partial charge in [0.15, 0.2) is 11.5 Å². The first kappa shape index (κ1) is 29.7. The zero-order valence-corrected chi connectivity index (χ0v) is 25.1. The van der Waals surface area contributed by atoms with Gasteiger partial charge in [0.25, 0.3) is 5.91 Å². The van der Waals surface area contributed by atoms with Crippen molar-refractivity contribution in [3.05, 3.63) is 81.0 Å². The van der Waals surface area contributed by atoms with Crippen LogP contribution in [0.25, 0.3) is 0 Å². The van der Waals surface area contributed by atoms with Crippen LogP contribution in [-0.2, 0) is 24.2 Å². The number of carbonyl (C=O) groups is 2. The van der Waals surface area contributed by atoms with Crippen LogP contribution in [-0.4, -0.2) is 55.0 Å². The highest BCUT2D eigenvalue weighted by Crippen LogP contribution is 2.28. The van der Waals surface area contributed by atoms with E-state index in [0.717, 1.165) is 42.5 Å². The molecule has 7 heteroatoms. The minimum absolute atomic E-state index is 0.0179. The minimum atomic E-state index is -0.0466. The van der Waals surface area contributed by atoms with Gasteiger partial charge in [0.1, 0.15) is 6.54 Å². The number of nitrogens with zero attached hydrogens (tertiary/aromatic N) is 2. The number of aryl methyl sites for hydroxylation is 2. The standard InChI is InChI=1S/C33H42N2O4S/c1-5-25-12-15-27(16-13-25)33(37)35(28-9-7-6-8-10-28)23-32(36)34(22-29-17-11-24(2)40-29)20-19-26-14-18-30(38-3)31(21-26)39-4/h11-18,21,28H,5-10,19-20,22-23H2,1-4H3. The molecule has 0 N–H and O–H groups in total. The molecule has 0 saturated heterocycles. The van der Waals surface area contributed by atoms with Crippen molar-refractivity contribution in [3.8, 4) is 11.5 Å². The van der Waals surface area contributed by atoms with Gasteiger partial charge in [0, 0.05) is 27.9 Å². The summed E-state index contributed by atoms with van der Waals surface area (Å²) in [6.07, 6.45) is 6.86. The van der Waals surface area contributed by atoms with Gasteiger partial charge >= 0.3 is 0 Å². The molecule has 1 saturated carbocycles. The fourth-order valence-electron chi connectivity index (χ4n) is 5.40. The average molecular weight is 563 g/mol. The molecule has 1 aliphatic carbocycles. The van der Waals surface area contributed by atoms with Crippen LogP contribution in [0.4, 0.5) is 0 Å². The van der Waals surface area contributed by atoms with Gasteiger partial charge in [-0.2, -0.15) is 0 Å². The molecular weight excluding hydrogens is 520 g/mol. The lowest BCUT2D eigenvalue weighted by atomic mass is 9.93. The topological polar surface area (TPSA) is 59.1 Å². The molecule has 214 valence electrons. The normalized spacial score (nSPS) is 13.6. The SMILES string of the molecule is CCc1ccc(C(=O)N(CC(=O)N(CCc2ccc(OC)c(OC)c2)Cc2ccc(C)s2)C2CCCCC2)cc1. The third-order valence-electron chi connectivity index (χ3n) is 7.80. The Morgan fingerprint density at radius 3 is 2.23 bits per heavy atom. The first-order valence-electron chi connectivity index (χ1n) is 14.4. The van der Waals surface area contributed by atoms with Crippen molar-refractivity contribution in [2.75, 3.05) is 27.3 Å². The zero-order chi connectivity index (χ0) is 28.5. The van der Waals surface area contributed by atoms with Gasteiger partial charge in [0.05, 0.1) is 20.8 Å². The third-order valence-corrected chi connectivity index (χ3v) is 8.79. The molecule has 3 aromatic rings. The van der Waals surface area contributed by atoms with E-state index in [-0.39, 0.29) is 24.4 Å². The maximum Gasteiger partial charge on any atom is 0.254 e. The van der Waals surface area contributed by atoms with E-state index in [4.69, 9.17) is 9.47 Å². The molecule has 0 unspecified atom stereocenters.